The van der Waals surface area contributed by atoms with Crippen LogP contribution in [-0.4, -0.2) is 15.0 Å². The van der Waals surface area contributed by atoms with Gasteiger partial charge in [-0.3, -0.25) is 0 Å². The predicted molar refractivity (Wildman–Crippen MR) is 203 cm³/mol. The lowest BCUT2D eigenvalue weighted by atomic mass is 9.66. The summed E-state index contributed by atoms with van der Waals surface area (Å²) in [4.78, 5) is 14.9. The van der Waals surface area contributed by atoms with Crippen molar-refractivity contribution in [3.63, 3.8) is 0 Å². The van der Waals surface area contributed by atoms with Crippen LogP contribution < -0.4 is 0 Å². The third kappa shape index (κ3) is 4.64. The first-order valence-corrected chi connectivity index (χ1v) is 17.7. The van der Waals surface area contributed by atoms with Crippen molar-refractivity contribution in [3.8, 4) is 62.5 Å². The van der Waals surface area contributed by atoms with Crippen molar-refractivity contribution >= 4 is 21.9 Å². The highest BCUT2D eigenvalue weighted by Crippen LogP contribution is 2.58. The zero-order valence-corrected chi connectivity index (χ0v) is 27.9. The van der Waals surface area contributed by atoms with E-state index < -0.39 is 0 Å². The molecule has 0 aliphatic heterocycles. The molecule has 5 heteroatoms. The van der Waals surface area contributed by atoms with Crippen molar-refractivity contribution in [3.05, 3.63) is 150 Å². The van der Waals surface area contributed by atoms with Crippen LogP contribution in [0.2, 0.25) is 0 Å². The average Bonchev–Trinajstić information content (AvgIpc) is 3.71. The molecular formula is C46H32N4O. The molecule has 10 rings (SSSR count). The Hall–Kier alpha value is -6.38. The SMILES string of the molecule is N#Cc1ccc2c(c1)C1(CCCCC1)c1c(-c3ccc4oc5c(-c6nc(-c7ccccc7)nc(-c7ccccc7)n6)cccc5c4c3)cccc1-2. The molecule has 0 atom stereocenters. The van der Waals surface area contributed by atoms with Crippen LogP contribution in [0.25, 0.3) is 78.4 Å². The van der Waals surface area contributed by atoms with Crippen molar-refractivity contribution in [2.75, 3.05) is 0 Å². The zero-order valence-electron chi connectivity index (χ0n) is 27.9. The molecule has 1 spiro atoms. The van der Waals surface area contributed by atoms with Crippen LogP contribution in [0.1, 0.15) is 48.8 Å². The second-order valence-electron chi connectivity index (χ2n) is 13.8. The molecule has 2 aliphatic carbocycles. The molecule has 1 saturated carbocycles. The maximum atomic E-state index is 9.83. The number of hydrogen-bond donors (Lipinski definition) is 0. The molecule has 2 aliphatic rings. The van der Waals surface area contributed by atoms with Gasteiger partial charge in [0, 0.05) is 27.3 Å². The van der Waals surface area contributed by atoms with Crippen LogP contribution in [0.15, 0.2) is 138 Å². The fraction of sp³-hybridized carbons (Fsp3) is 0.130. The number of benzene rings is 6. The topological polar surface area (TPSA) is 75.6 Å². The Morgan fingerprint density at radius 3 is 1.92 bits per heavy atom. The molecule has 2 aromatic heterocycles. The van der Waals surface area contributed by atoms with E-state index in [1.807, 2.05) is 72.8 Å². The van der Waals surface area contributed by atoms with Gasteiger partial charge in [0.15, 0.2) is 17.5 Å². The summed E-state index contributed by atoms with van der Waals surface area (Å²) in [6.45, 7) is 0. The average molecular weight is 657 g/mol. The first-order valence-electron chi connectivity index (χ1n) is 17.7. The largest absolute Gasteiger partial charge is 0.455 e. The molecule has 8 aromatic rings. The number of nitriles is 1. The maximum absolute atomic E-state index is 9.83. The normalized spacial score (nSPS) is 14.4. The Bertz CT molecular complexity index is 2620. The first kappa shape index (κ1) is 29.5. The molecule has 1 fully saturated rings. The Balaban J connectivity index is 1.14. The van der Waals surface area contributed by atoms with Gasteiger partial charge < -0.3 is 4.42 Å². The standard InChI is InChI=1S/C46H32N4O/c47-28-29-20-22-34-35-17-10-16-33(41(35)46(39(34)26-29)24-8-3-9-25-46)32-21-23-40-38(27-32)36-18-11-19-37(42(36)51-40)45-49-43(30-12-4-1-5-13-30)48-44(50-45)31-14-6-2-7-15-31/h1-2,4-7,10-23,26-27H,3,8-9,24-25H2. The number of aromatic nitrogens is 3. The molecule has 0 saturated heterocycles. The summed E-state index contributed by atoms with van der Waals surface area (Å²) in [7, 11) is 0. The van der Waals surface area contributed by atoms with E-state index in [9.17, 15) is 5.26 Å². The number of nitrogens with zero attached hydrogens (tertiary/aromatic N) is 4. The highest BCUT2D eigenvalue weighted by atomic mass is 16.3. The van der Waals surface area contributed by atoms with Gasteiger partial charge in [-0.2, -0.15) is 5.26 Å². The number of fused-ring (bicyclic) bond motifs is 8. The van der Waals surface area contributed by atoms with Gasteiger partial charge in [0.1, 0.15) is 11.2 Å². The predicted octanol–water partition coefficient (Wildman–Crippen LogP) is 11.5. The van der Waals surface area contributed by atoms with E-state index in [0.717, 1.165) is 57.0 Å². The van der Waals surface area contributed by atoms with Crippen molar-refractivity contribution in [2.24, 2.45) is 0 Å². The highest BCUT2D eigenvalue weighted by Gasteiger charge is 2.45. The molecular weight excluding hydrogens is 625 g/mol. The van der Waals surface area contributed by atoms with Crippen molar-refractivity contribution < 1.29 is 4.42 Å². The van der Waals surface area contributed by atoms with E-state index >= 15 is 0 Å². The summed E-state index contributed by atoms with van der Waals surface area (Å²) in [5.41, 5.74) is 12.6. The minimum absolute atomic E-state index is 0.0848. The summed E-state index contributed by atoms with van der Waals surface area (Å²) >= 11 is 0. The Labute approximate surface area is 295 Å². The second kappa shape index (κ2) is 11.6. The lowest BCUT2D eigenvalue weighted by Crippen LogP contribution is -2.28. The van der Waals surface area contributed by atoms with Crippen LogP contribution in [0.4, 0.5) is 0 Å². The molecule has 0 radical (unpaired) electrons. The number of hydrogen-bond acceptors (Lipinski definition) is 5. The Kier molecular flexibility index (Phi) is 6.72. The highest BCUT2D eigenvalue weighted by molar-refractivity contribution is 6.10. The summed E-state index contributed by atoms with van der Waals surface area (Å²) in [6.07, 6.45) is 5.82. The molecule has 0 bridgehead atoms. The van der Waals surface area contributed by atoms with Crippen molar-refractivity contribution in [1.29, 1.82) is 5.26 Å². The van der Waals surface area contributed by atoms with Crippen LogP contribution in [0.3, 0.4) is 0 Å². The van der Waals surface area contributed by atoms with E-state index in [1.54, 1.807) is 0 Å². The molecule has 6 aromatic carbocycles. The molecule has 2 heterocycles. The molecule has 0 amide bonds. The summed E-state index contributed by atoms with van der Waals surface area (Å²) in [5.74, 6) is 1.81. The van der Waals surface area contributed by atoms with Crippen molar-refractivity contribution in [2.45, 2.75) is 37.5 Å². The third-order valence-corrected chi connectivity index (χ3v) is 11.0. The van der Waals surface area contributed by atoms with Crippen LogP contribution >= 0.6 is 0 Å². The van der Waals surface area contributed by atoms with Crippen molar-refractivity contribution in [1.82, 2.24) is 15.0 Å². The van der Waals surface area contributed by atoms with Gasteiger partial charge in [0.05, 0.1) is 17.2 Å². The van der Waals surface area contributed by atoms with Gasteiger partial charge in [-0.05, 0) is 76.6 Å². The molecule has 0 N–H and O–H groups in total. The van der Waals surface area contributed by atoms with Gasteiger partial charge in [0.25, 0.3) is 0 Å². The number of furan rings is 1. The third-order valence-electron chi connectivity index (χ3n) is 11.0. The molecule has 5 nitrogen and oxygen atoms in total. The lowest BCUT2D eigenvalue weighted by Gasteiger charge is -2.37. The van der Waals surface area contributed by atoms with Gasteiger partial charge >= 0.3 is 0 Å². The quantitative estimate of drug-likeness (QED) is 0.188. The van der Waals surface area contributed by atoms with E-state index in [1.165, 1.54) is 52.6 Å². The van der Waals surface area contributed by atoms with Crippen LogP contribution in [0, 0.1) is 11.3 Å². The molecule has 0 unspecified atom stereocenters. The lowest BCUT2D eigenvalue weighted by molar-refractivity contribution is 0.353. The number of para-hydroxylation sites is 1. The van der Waals surface area contributed by atoms with Crippen LogP contribution in [0.5, 0.6) is 0 Å². The molecule has 242 valence electrons. The smallest absolute Gasteiger partial charge is 0.167 e. The minimum atomic E-state index is -0.0848. The first-order chi connectivity index (χ1) is 25.2. The number of rotatable bonds is 4. The second-order valence-corrected chi connectivity index (χ2v) is 13.8. The summed E-state index contributed by atoms with van der Waals surface area (Å²) in [5, 5.41) is 11.9. The minimum Gasteiger partial charge on any atom is -0.455 e. The fourth-order valence-electron chi connectivity index (χ4n) is 8.66. The van der Waals surface area contributed by atoms with E-state index in [2.05, 4.69) is 66.7 Å². The Morgan fingerprint density at radius 2 is 1.20 bits per heavy atom. The zero-order chi connectivity index (χ0) is 33.9. The fourth-order valence-corrected chi connectivity index (χ4v) is 8.66. The summed E-state index contributed by atoms with van der Waals surface area (Å²) in [6, 6.07) is 48.3. The van der Waals surface area contributed by atoms with E-state index in [-0.39, 0.29) is 5.41 Å². The van der Waals surface area contributed by atoms with Gasteiger partial charge in [-0.1, -0.05) is 122 Å². The van der Waals surface area contributed by atoms with Gasteiger partial charge in [-0.25, -0.2) is 15.0 Å². The summed E-state index contributed by atoms with van der Waals surface area (Å²) < 4.78 is 6.67. The van der Waals surface area contributed by atoms with Gasteiger partial charge in [-0.15, -0.1) is 0 Å². The van der Waals surface area contributed by atoms with Crippen LogP contribution in [-0.2, 0) is 5.41 Å². The van der Waals surface area contributed by atoms with E-state index in [4.69, 9.17) is 19.4 Å². The monoisotopic (exact) mass is 656 g/mol. The van der Waals surface area contributed by atoms with Gasteiger partial charge in [0.2, 0.25) is 0 Å². The maximum Gasteiger partial charge on any atom is 0.167 e. The Morgan fingerprint density at radius 1 is 0.529 bits per heavy atom. The molecule has 51 heavy (non-hydrogen) atoms. The van der Waals surface area contributed by atoms with E-state index in [0.29, 0.717) is 17.5 Å².